The summed E-state index contributed by atoms with van der Waals surface area (Å²) in [5.74, 6) is 0.173. The summed E-state index contributed by atoms with van der Waals surface area (Å²) in [6, 6.07) is -0.109. The van der Waals surface area contributed by atoms with Gasteiger partial charge in [-0.25, -0.2) is 0 Å². The molecule has 0 aliphatic rings. The summed E-state index contributed by atoms with van der Waals surface area (Å²) < 4.78 is 0. The van der Waals surface area contributed by atoms with E-state index in [2.05, 4.69) is 12.2 Å². The van der Waals surface area contributed by atoms with Crippen molar-refractivity contribution in [3.8, 4) is 0 Å². The number of nitrogens with zero attached hydrogens (tertiary/aromatic N) is 1. The lowest BCUT2D eigenvalue weighted by Gasteiger charge is -2.31. The fraction of sp³-hybridized carbons (Fsp3) is 0.929. The zero-order valence-corrected chi connectivity index (χ0v) is 12.8. The lowest BCUT2D eigenvalue weighted by atomic mass is 9.88. The van der Waals surface area contributed by atoms with Gasteiger partial charge in [-0.1, -0.05) is 33.6 Å². The average Bonchev–Trinajstić information content (AvgIpc) is 2.31. The minimum atomic E-state index is -0.840. The van der Waals surface area contributed by atoms with Crippen LogP contribution in [0.4, 0.5) is 0 Å². The van der Waals surface area contributed by atoms with Gasteiger partial charge in [0, 0.05) is 6.54 Å². The Bertz CT molecular complexity index is 252. The topological polar surface area (TPSA) is 52.6 Å². The standard InChI is InChI=1S/C14H30N2O2/c1-7-9-12(16(5)6)13(17)15-10-14(4,18)11(3)8-2/h11-12,18H,7-10H2,1-6H3,(H,15,17). The number of carbonyl (C=O) groups is 1. The molecule has 4 heteroatoms. The van der Waals surface area contributed by atoms with Crippen LogP contribution in [-0.2, 0) is 4.79 Å². The summed E-state index contributed by atoms with van der Waals surface area (Å²) in [6.07, 6.45) is 2.71. The van der Waals surface area contributed by atoms with Crippen LogP contribution < -0.4 is 5.32 Å². The first-order valence-corrected chi connectivity index (χ1v) is 6.92. The van der Waals surface area contributed by atoms with Crippen molar-refractivity contribution in [1.29, 1.82) is 0 Å². The molecule has 0 fully saturated rings. The van der Waals surface area contributed by atoms with E-state index in [1.165, 1.54) is 0 Å². The lowest BCUT2D eigenvalue weighted by molar-refractivity contribution is -0.127. The van der Waals surface area contributed by atoms with Gasteiger partial charge in [0.25, 0.3) is 0 Å². The Balaban J connectivity index is 4.39. The van der Waals surface area contributed by atoms with Crippen molar-refractivity contribution in [2.24, 2.45) is 5.92 Å². The number of hydrogen-bond donors (Lipinski definition) is 2. The average molecular weight is 258 g/mol. The Morgan fingerprint density at radius 1 is 1.39 bits per heavy atom. The fourth-order valence-corrected chi connectivity index (χ4v) is 1.90. The molecule has 18 heavy (non-hydrogen) atoms. The van der Waals surface area contributed by atoms with E-state index in [1.807, 2.05) is 32.8 Å². The molecule has 0 rings (SSSR count). The molecule has 0 aliphatic carbocycles. The van der Waals surface area contributed by atoms with Gasteiger partial charge in [-0.2, -0.15) is 0 Å². The Labute approximate surface area is 112 Å². The smallest absolute Gasteiger partial charge is 0.237 e. The van der Waals surface area contributed by atoms with Crippen LogP contribution in [0.1, 0.15) is 47.0 Å². The molecule has 3 unspecified atom stereocenters. The van der Waals surface area contributed by atoms with Crippen molar-refractivity contribution in [3.63, 3.8) is 0 Å². The molecule has 0 spiro atoms. The van der Waals surface area contributed by atoms with Crippen LogP contribution in [0.5, 0.6) is 0 Å². The van der Waals surface area contributed by atoms with E-state index in [1.54, 1.807) is 6.92 Å². The second-order valence-corrected chi connectivity index (χ2v) is 5.65. The van der Waals surface area contributed by atoms with Gasteiger partial charge in [0.15, 0.2) is 0 Å². The third kappa shape index (κ3) is 5.36. The van der Waals surface area contributed by atoms with Gasteiger partial charge < -0.3 is 10.4 Å². The summed E-state index contributed by atoms with van der Waals surface area (Å²) in [5, 5.41) is 13.1. The Hall–Kier alpha value is -0.610. The van der Waals surface area contributed by atoms with Crippen LogP contribution in [0.2, 0.25) is 0 Å². The van der Waals surface area contributed by atoms with Crippen LogP contribution in [0.3, 0.4) is 0 Å². The summed E-state index contributed by atoms with van der Waals surface area (Å²) in [5.41, 5.74) is -0.840. The van der Waals surface area contributed by atoms with E-state index in [4.69, 9.17) is 0 Å². The minimum Gasteiger partial charge on any atom is -0.388 e. The van der Waals surface area contributed by atoms with E-state index in [0.29, 0.717) is 6.54 Å². The third-order valence-electron chi connectivity index (χ3n) is 3.78. The van der Waals surface area contributed by atoms with E-state index < -0.39 is 5.60 Å². The summed E-state index contributed by atoms with van der Waals surface area (Å²) in [4.78, 5) is 14.0. The number of carbonyl (C=O) groups excluding carboxylic acids is 1. The second-order valence-electron chi connectivity index (χ2n) is 5.65. The van der Waals surface area contributed by atoms with Gasteiger partial charge in [-0.3, -0.25) is 9.69 Å². The third-order valence-corrected chi connectivity index (χ3v) is 3.78. The van der Waals surface area contributed by atoms with Gasteiger partial charge in [-0.05, 0) is 33.4 Å². The van der Waals surface area contributed by atoms with Crippen molar-refractivity contribution in [1.82, 2.24) is 10.2 Å². The highest BCUT2D eigenvalue weighted by molar-refractivity contribution is 5.81. The number of amides is 1. The molecule has 0 saturated carbocycles. The molecule has 108 valence electrons. The molecule has 0 saturated heterocycles. The van der Waals surface area contributed by atoms with E-state index >= 15 is 0 Å². The van der Waals surface area contributed by atoms with Crippen molar-refractivity contribution in [3.05, 3.63) is 0 Å². The van der Waals surface area contributed by atoms with Gasteiger partial charge >= 0.3 is 0 Å². The second kappa shape index (κ2) is 7.74. The monoisotopic (exact) mass is 258 g/mol. The highest BCUT2D eigenvalue weighted by atomic mass is 16.3. The summed E-state index contributed by atoms with van der Waals surface area (Å²) in [7, 11) is 3.82. The zero-order valence-electron chi connectivity index (χ0n) is 12.8. The van der Waals surface area contributed by atoms with Gasteiger partial charge in [0.2, 0.25) is 5.91 Å². The fourth-order valence-electron chi connectivity index (χ4n) is 1.90. The highest BCUT2D eigenvalue weighted by Gasteiger charge is 2.29. The first kappa shape index (κ1) is 17.4. The predicted molar refractivity (Wildman–Crippen MR) is 75.5 cm³/mol. The van der Waals surface area contributed by atoms with Crippen molar-refractivity contribution >= 4 is 5.91 Å². The molecule has 0 radical (unpaired) electrons. The number of aliphatic hydroxyl groups is 1. The molecule has 4 nitrogen and oxygen atoms in total. The maximum atomic E-state index is 12.1. The molecule has 0 aromatic heterocycles. The molecule has 0 aromatic rings. The molecule has 0 heterocycles. The van der Waals surface area contributed by atoms with E-state index in [0.717, 1.165) is 19.3 Å². The van der Waals surface area contributed by atoms with E-state index in [9.17, 15) is 9.90 Å². The Morgan fingerprint density at radius 2 is 1.94 bits per heavy atom. The van der Waals surface area contributed by atoms with E-state index in [-0.39, 0.29) is 17.9 Å². The minimum absolute atomic E-state index is 0.00503. The Kier molecular flexibility index (Phi) is 7.48. The van der Waals surface area contributed by atoms with Gasteiger partial charge in [-0.15, -0.1) is 0 Å². The summed E-state index contributed by atoms with van der Waals surface area (Å²) in [6.45, 7) is 8.21. The number of rotatable bonds is 8. The molecular formula is C14H30N2O2. The van der Waals surface area contributed by atoms with Crippen LogP contribution >= 0.6 is 0 Å². The number of likely N-dealkylation sites (N-methyl/N-ethyl adjacent to an activating group) is 1. The maximum absolute atomic E-state index is 12.1. The molecule has 0 bridgehead atoms. The quantitative estimate of drug-likeness (QED) is 0.696. The molecule has 1 amide bonds. The van der Waals surface area contributed by atoms with Gasteiger partial charge in [0.05, 0.1) is 11.6 Å². The molecular weight excluding hydrogens is 228 g/mol. The van der Waals surface area contributed by atoms with Crippen LogP contribution in [0.25, 0.3) is 0 Å². The Morgan fingerprint density at radius 3 is 2.33 bits per heavy atom. The molecule has 3 atom stereocenters. The lowest BCUT2D eigenvalue weighted by Crippen LogP contribution is -2.50. The summed E-state index contributed by atoms with van der Waals surface area (Å²) >= 11 is 0. The van der Waals surface area contributed by atoms with Crippen LogP contribution in [0, 0.1) is 5.92 Å². The number of nitrogens with one attached hydrogen (secondary N) is 1. The SMILES string of the molecule is CCCC(C(=O)NCC(C)(O)C(C)CC)N(C)C. The van der Waals surface area contributed by atoms with Gasteiger partial charge in [0.1, 0.15) is 0 Å². The highest BCUT2D eigenvalue weighted by Crippen LogP contribution is 2.19. The van der Waals surface area contributed by atoms with Crippen molar-refractivity contribution < 1.29 is 9.90 Å². The first-order chi connectivity index (χ1) is 8.26. The molecule has 0 aliphatic heterocycles. The maximum Gasteiger partial charge on any atom is 0.237 e. The molecule has 0 aromatic carbocycles. The number of hydrogen-bond acceptors (Lipinski definition) is 3. The molecule has 2 N–H and O–H groups in total. The van der Waals surface area contributed by atoms with Crippen molar-refractivity contribution in [2.75, 3.05) is 20.6 Å². The van der Waals surface area contributed by atoms with Crippen LogP contribution in [-0.4, -0.2) is 48.2 Å². The predicted octanol–water partition coefficient (Wildman–Crippen LogP) is 1.63. The first-order valence-electron chi connectivity index (χ1n) is 6.92. The largest absolute Gasteiger partial charge is 0.388 e. The van der Waals surface area contributed by atoms with Crippen LogP contribution in [0.15, 0.2) is 0 Å². The van der Waals surface area contributed by atoms with Crippen molar-refractivity contribution in [2.45, 2.75) is 58.6 Å². The normalized spacial score (nSPS) is 18.2. The zero-order chi connectivity index (χ0) is 14.3.